The van der Waals surface area contributed by atoms with Crippen LogP contribution in [0.15, 0.2) is 73.6 Å². The van der Waals surface area contributed by atoms with Crippen molar-refractivity contribution in [2.24, 2.45) is 0 Å². The summed E-state index contributed by atoms with van der Waals surface area (Å²) in [4.78, 5) is 2.12. The summed E-state index contributed by atoms with van der Waals surface area (Å²) in [5.41, 5.74) is 7.29. The van der Waals surface area contributed by atoms with Gasteiger partial charge in [0.2, 0.25) is 0 Å². The minimum atomic E-state index is -0.200. The van der Waals surface area contributed by atoms with Crippen molar-refractivity contribution in [3.8, 4) is 28.0 Å². The van der Waals surface area contributed by atoms with Gasteiger partial charge in [-0.1, -0.05) is 86.6 Å². The van der Waals surface area contributed by atoms with Gasteiger partial charge in [-0.05, 0) is 64.7 Å². The van der Waals surface area contributed by atoms with E-state index in [1.807, 2.05) is 30.9 Å². The van der Waals surface area contributed by atoms with E-state index in [2.05, 4.69) is 130 Å². The molecule has 0 bridgehead atoms. The zero-order valence-corrected chi connectivity index (χ0v) is 29.4. The highest BCUT2D eigenvalue weighted by Crippen LogP contribution is 2.35. The van der Waals surface area contributed by atoms with Crippen molar-refractivity contribution in [1.82, 2.24) is 35.5 Å². The number of likely N-dealkylation sites (N-methyl/N-ethyl adjacent to an activating group) is 1. The third-order valence-corrected chi connectivity index (χ3v) is 7.43. The van der Waals surface area contributed by atoms with Crippen molar-refractivity contribution in [1.29, 1.82) is 0 Å². The smallest absolute Gasteiger partial charge is 0.131 e. The standard InChI is InChI=1S/C17H25N3O.C13H15FN2.C7H12N2/c1-17(2,3)15-7-6-13(14-11-18-19-12-14)10-16(15)21-9-8-20(4)5;1-13(2,3)10-4-5-11(12(14)6-10)9-7-15-16-8-9;1-7(2,3)6-4-8-9-5-6/h6-7,10-12H,8-9H2,1-5H3,(H,18,19);4-8H,1-3H3,(H,15,16);4-5H,1-3H3,(H,8,9). The number of aromatic nitrogens is 6. The lowest BCUT2D eigenvalue weighted by molar-refractivity contribution is 0.257. The molecule has 5 aromatic rings. The first-order valence-corrected chi connectivity index (χ1v) is 15.7. The van der Waals surface area contributed by atoms with E-state index in [-0.39, 0.29) is 22.1 Å². The van der Waals surface area contributed by atoms with Gasteiger partial charge in [0.1, 0.15) is 18.2 Å². The van der Waals surface area contributed by atoms with Gasteiger partial charge in [-0.2, -0.15) is 15.3 Å². The van der Waals surface area contributed by atoms with Crippen LogP contribution in [0.4, 0.5) is 4.39 Å². The second-order valence-electron chi connectivity index (χ2n) is 14.8. The number of ether oxygens (including phenoxy) is 1. The number of nitrogens with one attached hydrogen (secondary N) is 3. The number of nitrogens with zero attached hydrogens (tertiary/aromatic N) is 4. The summed E-state index contributed by atoms with van der Waals surface area (Å²) in [5.74, 6) is 0.761. The number of benzene rings is 2. The first-order valence-electron chi connectivity index (χ1n) is 15.7. The van der Waals surface area contributed by atoms with Crippen molar-refractivity contribution in [3.63, 3.8) is 0 Å². The molecule has 0 unspecified atom stereocenters. The Morgan fingerprint density at radius 1 is 0.652 bits per heavy atom. The van der Waals surface area contributed by atoms with Crippen molar-refractivity contribution in [2.75, 3.05) is 27.2 Å². The topological polar surface area (TPSA) is 98.5 Å². The van der Waals surface area contributed by atoms with Crippen LogP contribution in [-0.2, 0) is 16.2 Å². The highest BCUT2D eigenvalue weighted by Gasteiger charge is 2.20. The molecule has 3 aromatic heterocycles. The molecule has 3 N–H and O–H groups in total. The molecule has 2 aromatic carbocycles. The minimum absolute atomic E-state index is 0.0320. The summed E-state index contributed by atoms with van der Waals surface area (Å²) in [6.07, 6.45) is 10.8. The fourth-order valence-corrected chi connectivity index (χ4v) is 4.46. The van der Waals surface area contributed by atoms with Crippen molar-refractivity contribution >= 4 is 0 Å². The van der Waals surface area contributed by atoms with Crippen LogP contribution in [0.1, 0.15) is 79.0 Å². The van der Waals surface area contributed by atoms with Gasteiger partial charge in [-0.15, -0.1) is 0 Å². The van der Waals surface area contributed by atoms with E-state index in [0.29, 0.717) is 12.2 Å². The monoisotopic (exact) mass is 629 g/mol. The first-order chi connectivity index (χ1) is 21.5. The highest BCUT2D eigenvalue weighted by atomic mass is 19.1. The number of rotatable bonds is 6. The van der Waals surface area contributed by atoms with Crippen LogP contribution in [0.5, 0.6) is 5.75 Å². The Kier molecular flexibility index (Phi) is 12.1. The molecule has 3 heterocycles. The molecule has 0 aliphatic heterocycles. The lowest BCUT2D eigenvalue weighted by Crippen LogP contribution is -2.21. The van der Waals surface area contributed by atoms with E-state index in [0.717, 1.165) is 34.5 Å². The first kappa shape index (κ1) is 36.2. The predicted octanol–water partition coefficient (Wildman–Crippen LogP) is 8.54. The normalized spacial score (nSPS) is 11.8. The molecule has 0 amide bonds. The zero-order chi connectivity index (χ0) is 34.1. The molecule has 8 nitrogen and oxygen atoms in total. The molecule has 0 saturated heterocycles. The lowest BCUT2D eigenvalue weighted by Gasteiger charge is -2.24. The average Bonchev–Trinajstić information content (AvgIpc) is 3.76. The zero-order valence-electron chi connectivity index (χ0n) is 29.4. The van der Waals surface area contributed by atoms with E-state index in [9.17, 15) is 4.39 Å². The van der Waals surface area contributed by atoms with Gasteiger partial charge in [-0.3, -0.25) is 15.3 Å². The Labute approximate surface area is 274 Å². The molecule has 5 rings (SSSR count). The molecule has 0 saturated carbocycles. The van der Waals surface area contributed by atoms with Crippen LogP contribution in [0.2, 0.25) is 0 Å². The van der Waals surface area contributed by atoms with Gasteiger partial charge in [-0.25, -0.2) is 4.39 Å². The van der Waals surface area contributed by atoms with Crippen LogP contribution in [-0.4, -0.2) is 62.7 Å². The molecule has 0 fully saturated rings. The summed E-state index contributed by atoms with van der Waals surface area (Å²) in [6.45, 7) is 20.9. The largest absolute Gasteiger partial charge is 0.492 e. The SMILES string of the molecule is CC(C)(C)c1ccc(-c2cn[nH]c2)c(F)c1.CC(C)(C)c1cn[nH]c1.CN(C)CCOc1cc(-c2cn[nH]c2)ccc1C(C)(C)C. The highest BCUT2D eigenvalue weighted by molar-refractivity contribution is 5.65. The summed E-state index contributed by atoms with van der Waals surface area (Å²) in [5, 5.41) is 20.0. The number of halogens is 1. The maximum Gasteiger partial charge on any atom is 0.131 e. The molecule has 248 valence electrons. The Morgan fingerprint density at radius 2 is 1.24 bits per heavy atom. The number of aromatic amines is 3. The molecule has 9 heteroatoms. The molecule has 0 radical (unpaired) electrons. The average molecular weight is 630 g/mol. The Hall–Kier alpha value is -4.24. The summed E-state index contributed by atoms with van der Waals surface area (Å²) in [7, 11) is 4.10. The molecule has 0 spiro atoms. The van der Waals surface area contributed by atoms with Gasteiger partial charge in [0, 0.05) is 41.8 Å². The predicted molar refractivity (Wildman–Crippen MR) is 187 cm³/mol. The number of hydrogen-bond donors (Lipinski definition) is 3. The molecular formula is C37H52FN7O. The van der Waals surface area contributed by atoms with Crippen LogP contribution >= 0.6 is 0 Å². The van der Waals surface area contributed by atoms with Crippen LogP contribution in [0.3, 0.4) is 0 Å². The van der Waals surface area contributed by atoms with Gasteiger partial charge in [0.15, 0.2) is 0 Å². The Bertz CT molecular complexity index is 1590. The fraction of sp³-hybridized carbons (Fsp3) is 0.432. The molecule has 0 aliphatic carbocycles. The maximum atomic E-state index is 13.9. The third kappa shape index (κ3) is 10.7. The maximum absolute atomic E-state index is 13.9. The van der Waals surface area contributed by atoms with E-state index in [4.69, 9.17) is 4.74 Å². The summed E-state index contributed by atoms with van der Waals surface area (Å²) in [6, 6.07) is 11.8. The van der Waals surface area contributed by atoms with Gasteiger partial charge in [0.25, 0.3) is 0 Å². The van der Waals surface area contributed by atoms with Gasteiger partial charge >= 0.3 is 0 Å². The van der Waals surface area contributed by atoms with Crippen molar-refractivity contribution < 1.29 is 9.13 Å². The molecule has 0 aliphatic rings. The second-order valence-corrected chi connectivity index (χ2v) is 14.8. The lowest BCUT2D eigenvalue weighted by atomic mass is 9.85. The van der Waals surface area contributed by atoms with E-state index < -0.39 is 0 Å². The van der Waals surface area contributed by atoms with Gasteiger partial charge < -0.3 is 9.64 Å². The van der Waals surface area contributed by atoms with Crippen molar-refractivity contribution in [2.45, 2.75) is 78.6 Å². The van der Waals surface area contributed by atoms with Crippen molar-refractivity contribution in [3.05, 3.63) is 96.1 Å². The number of H-pyrrole nitrogens is 3. The number of hydrogen-bond acceptors (Lipinski definition) is 5. The van der Waals surface area contributed by atoms with E-state index in [1.54, 1.807) is 24.5 Å². The summed E-state index contributed by atoms with van der Waals surface area (Å²) < 4.78 is 19.9. The fourth-order valence-electron chi connectivity index (χ4n) is 4.46. The molecule has 0 atom stereocenters. The minimum Gasteiger partial charge on any atom is -0.492 e. The van der Waals surface area contributed by atoms with E-state index in [1.165, 1.54) is 11.1 Å². The second kappa shape index (κ2) is 15.4. The Morgan fingerprint density at radius 3 is 1.70 bits per heavy atom. The Balaban J connectivity index is 0.000000203. The van der Waals surface area contributed by atoms with Crippen LogP contribution in [0.25, 0.3) is 22.3 Å². The van der Waals surface area contributed by atoms with Crippen LogP contribution in [0, 0.1) is 5.82 Å². The summed E-state index contributed by atoms with van der Waals surface area (Å²) >= 11 is 0. The quantitative estimate of drug-likeness (QED) is 0.175. The third-order valence-electron chi connectivity index (χ3n) is 7.43. The van der Waals surface area contributed by atoms with Gasteiger partial charge in [0.05, 0.1) is 18.6 Å². The van der Waals surface area contributed by atoms with Crippen LogP contribution < -0.4 is 4.74 Å². The molecule has 46 heavy (non-hydrogen) atoms. The molecular weight excluding hydrogens is 577 g/mol. The van der Waals surface area contributed by atoms with E-state index >= 15 is 0 Å².